The van der Waals surface area contributed by atoms with Crippen molar-refractivity contribution in [3.05, 3.63) is 30.0 Å². The van der Waals surface area contributed by atoms with E-state index in [0.717, 1.165) is 22.2 Å². The first-order chi connectivity index (χ1) is 12.6. The fraction of sp³-hybridized carbons (Fsp3) is 0.500. The smallest absolute Gasteiger partial charge is 0.244 e. The Morgan fingerprint density at radius 3 is 2.68 bits per heavy atom. The molecule has 0 aliphatic carbocycles. The van der Waals surface area contributed by atoms with Gasteiger partial charge in [-0.15, -0.1) is 12.4 Å². The number of carbonyl (C=O) groups is 1. The van der Waals surface area contributed by atoms with Crippen molar-refractivity contribution in [2.75, 3.05) is 13.2 Å². The summed E-state index contributed by atoms with van der Waals surface area (Å²) in [6.07, 6.45) is 1.43. The van der Waals surface area contributed by atoms with Crippen LogP contribution in [0.2, 0.25) is 0 Å². The zero-order chi connectivity index (χ0) is 20.0. The number of fused-ring (bicyclic) bond motifs is 1. The highest BCUT2D eigenvalue weighted by Gasteiger charge is 2.13. The van der Waals surface area contributed by atoms with Gasteiger partial charge >= 0.3 is 0 Å². The number of carbonyl (C=O) groups excluding carboxylic acids is 1. The van der Waals surface area contributed by atoms with Crippen LogP contribution in [0.5, 0.6) is 5.75 Å². The van der Waals surface area contributed by atoms with Crippen LogP contribution in [0.3, 0.4) is 0 Å². The molecule has 1 amide bonds. The molecule has 0 spiro atoms. The summed E-state index contributed by atoms with van der Waals surface area (Å²) in [5.74, 6) is 0.480. The number of aromatic amines is 1. The van der Waals surface area contributed by atoms with E-state index in [-0.39, 0.29) is 36.9 Å². The highest BCUT2D eigenvalue weighted by atomic mass is 35.5. The van der Waals surface area contributed by atoms with Gasteiger partial charge in [0.15, 0.2) is 0 Å². The van der Waals surface area contributed by atoms with Gasteiger partial charge in [-0.05, 0) is 58.4 Å². The van der Waals surface area contributed by atoms with Gasteiger partial charge in [-0.3, -0.25) is 4.79 Å². The second-order valence-electron chi connectivity index (χ2n) is 7.89. The molecule has 0 aliphatic heterocycles. The van der Waals surface area contributed by atoms with E-state index in [0.29, 0.717) is 12.3 Å². The molecule has 1 aromatic carbocycles. The molecule has 0 aliphatic rings. The average molecular weight is 411 g/mol. The Morgan fingerprint density at radius 1 is 1.32 bits per heavy atom. The van der Waals surface area contributed by atoms with Gasteiger partial charge in [0.2, 0.25) is 5.91 Å². The summed E-state index contributed by atoms with van der Waals surface area (Å²) in [6, 6.07) is 5.63. The molecule has 1 aromatic heterocycles. The number of amides is 1. The Labute approximate surface area is 172 Å². The Balaban J connectivity index is 0.00000392. The number of H-pyrrole nitrogens is 1. The standard InChI is InChI=1S/C20H30N4O3.ClH/c1-13(2)23-24-19(26)8-14-10-21-18-7-6-16(9-17(14)18)27-12-15(25)11-22-20(3,4)5;/h6-7,9-10,15,21-22,25H,8,11-12H2,1-5H3,(H,24,26);1H. The Hall–Kier alpha value is -2.09. The number of ether oxygens (including phenoxy) is 1. The van der Waals surface area contributed by atoms with E-state index in [2.05, 4.69) is 20.8 Å². The third-order valence-corrected chi connectivity index (χ3v) is 3.80. The van der Waals surface area contributed by atoms with E-state index in [4.69, 9.17) is 4.74 Å². The number of hydrogen-bond donors (Lipinski definition) is 4. The number of nitrogens with zero attached hydrogens (tertiary/aromatic N) is 1. The fourth-order valence-electron chi connectivity index (χ4n) is 2.46. The van der Waals surface area contributed by atoms with Crippen molar-refractivity contribution >= 4 is 34.9 Å². The van der Waals surface area contributed by atoms with E-state index in [1.54, 1.807) is 0 Å². The van der Waals surface area contributed by atoms with Gasteiger partial charge in [0.1, 0.15) is 18.5 Å². The first-order valence-electron chi connectivity index (χ1n) is 9.09. The largest absolute Gasteiger partial charge is 0.491 e. The second kappa shape index (κ2) is 10.5. The summed E-state index contributed by atoms with van der Waals surface area (Å²) in [5, 5.41) is 18.2. The van der Waals surface area contributed by atoms with Gasteiger partial charge in [-0.2, -0.15) is 5.10 Å². The number of aliphatic hydroxyl groups is 1. The number of benzene rings is 1. The van der Waals surface area contributed by atoms with Crippen molar-refractivity contribution < 1.29 is 14.6 Å². The van der Waals surface area contributed by atoms with Gasteiger partial charge in [-0.25, -0.2) is 5.43 Å². The van der Waals surface area contributed by atoms with Crippen molar-refractivity contribution in [1.82, 2.24) is 15.7 Å². The highest BCUT2D eigenvalue weighted by Crippen LogP contribution is 2.24. The first-order valence-corrected chi connectivity index (χ1v) is 9.09. The topological polar surface area (TPSA) is 98.7 Å². The third-order valence-electron chi connectivity index (χ3n) is 3.80. The minimum atomic E-state index is -0.605. The molecule has 1 atom stereocenters. The Kier molecular flexibility index (Phi) is 8.94. The predicted octanol–water partition coefficient (Wildman–Crippen LogP) is 2.77. The lowest BCUT2D eigenvalue weighted by Gasteiger charge is -2.23. The van der Waals surface area contributed by atoms with Crippen molar-refractivity contribution in [3.63, 3.8) is 0 Å². The zero-order valence-corrected chi connectivity index (χ0v) is 17.9. The normalized spacial score (nSPS) is 12.2. The van der Waals surface area contributed by atoms with E-state index >= 15 is 0 Å². The summed E-state index contributed by atoms with van der Waals surface area (Å²) in [6.45, 7) is 10.4. The van der Waals surface area contributed by atoms with E-state index in [9.17, 15) is 9.90 Å². The molecule has 0 radical (unpaired) electrons. The first kappa shape index (κ1) is 23.9. The number of β-amino-alcohol motifs (C(OH)–C–C–N with tert-alkyl or cyclic N) is 1. The van der Waals surface area contributed by atoms with Crippen LogP contribution in [-0.2, 0) is 11.2 Å². The predicted molar refractivity (Wildman–Crippen MR) is 115 cm³/mol. The van der Waals surface area contributed by atoms with Gasteiger partial charge in [-0.1, -0.05) is 0 Å². The zero-order valence-electron chi connectivity index (χ0n) is 17.1. The number of aromatic nitrogens is 1. The lowest BCUT2D eigenvalue weighted by Crippen LogP contribution is -2.42. The van der Waals surface area contributed by atoms with Crippen molar-refractivity contribution in [2.45, 2.75) is 52.7 Å². The van der Waals surface area contributed by atoms with Crippen molar-refractivity contribution in [2.24, 2.45) is 5.10 Å². The third kappa shape index (κ3) is 7.88. The van der Waals surface area contributed by atoms with Gasteiger partial charge in [0, 0.05) is 34.9 Å². The van der Waals surface area contributed by atoms with Crippen LogP contribution in [0.15, 0.2) is 29.5 Å². The van der Waals surface area contributed by atoms with Crippen LogP contribution in [0.1, 0.15) is 40.2 Å². The Bertz CT molecular complexity index is 807. The molecule has 1 heterocycles. The van der Waals surface area contributed by atoms with Crippen LogP contribution in [-0.4, -0.2) is 46.5 Å². The lowest BCUT2D eigenvalue weighted by atomic mass is 10.1. The minimum Gasteiger partial charge on any atom is -0.491 e. The van der Waals surface area contributed by atoms with E-state index in [1.165, 1.54) is 0 Å². The molecule has 2 aromatic rings. The summed E-state index contributed by atoms with van der Waals surface area (Å²) in [7, 11) is 0. The molecule has 156 valence electrons. The maximum Gasteiger partial charge on any atom is 0.244 e. The second-order valence-corrected chi connectivity index (χ2v) is 7.89. The van der Waals surface area contributed by atoms with Crippen LogP contribution >= 0.6 is 12.4 Å². The van der Waals surface area contributed by atoms with Crippen LogP contribution in [0, 0.1) is 0 Å². The summed E-state index contributed by atoms with van der Waals surface area (Å²) >= 11 is 0. The number of rotatable bonds is 8. The van der Waals surface area contributed by atoms with E-state index in [1.807, 2.05) is 59.0 Å². The van der Waals surface area contributed by atoms with Crippen molar-refractivity contribution in [3.8, 4) is 5.75 Å². The maximum atomic E-state index is 12.0. The molecule has 1 unspecified atom stereocenters. The van der Waals surface area contributed by atoms with Gasteiger partial charge in [0.05, 0.1) is 6.42 Å². The quantitative estimate of drug-likeness (QED) is 0.397. The summed E-state index contributed by atoms with van der Waals surface area (Å²) in [4.78, 5) is 15.2. The monoisotopic (exact) mass is 410 g/mol. The van der Waals surface area contributed by atoms with Crippen LogP contribution < -0.4 is 15.5 Å². The Morgan fingerprint density at radius 2 is 2.04 bits per heavy atom. The molecule has 28 heavy (non-hydrogen) atoms. The van der Waals surface area contributed by atoms with Crippen LogP contribution in [0.25, 0.3) is 10.9 Å². The van der Waals surface area contributed by atoms with Crippen molar-refractivity contribution in [1.29, 1.82) is 0 Å². The van der Waals surface area contributed by atoms with Crippen LogP contribution in [0.4, 0.5) is 0 Å². The van der Waals surface area contributed by atoms with Gasteiger partial charge in [0.25, 0.3) is 0 Å². The van der Waals surface area contributed by atoms with Gasteiger partial charge < -0.3 is 20.1 Å². The molecule has 0 saturated carbocycles. The molecular weight excluding hydrogens is 380 g/mol. The molecule has 0 saturated heterocycles. The minimum absolute atomic E-state index is 0. The molecule has 7 nitrogen and oxygen atoms in total. The number of aliphatic hydroxyl groups excluding tert-OH is 1. The lowest BCUT2D eigenvalue weighted by molar-refractivity contribution is -0.120. The summed E-state index contributed by atoms with van der Waals surface area (Å²) in [5.41, 5.74) is 5.06. The fourth-order valence-corrected chi connectivity index (χ4v) is 2.46. The average Bonchev–Trinajstić information content (AvgIpc) is 2.98. The molecule has 4 N–H and O–H groups in total. The molecule has 0 bridgehead atoms. The maximum absolute atomic E-state index is 12.0. The molecule has 2 rings (SSSR count). The number of nitrogens with one attached hydrogen (secondary N) is 3. The number of hydrazone groups is 1. The summed E-state index contributed by atoms with van der Waals surface area (Å²) < 4.78 is 5.72. The van der Waals surface area contributed by atoms with E-state index < -0.39 is 6.10 Å². The SMILES string of the molecule is CC(C)=NNC(=O)Cc1c[nH]c2ccc(OCC(O)CNC(C)(C)C)cc12.Cl. The highest BCUT2D eigenvalue weighted by molar-refractivity contribution is 5.90. The number of hydrogen-bond acceptors (Lipinski definition) is 5. The molecular formula is C20H31ClN4O3. The number of halogens is 1. The molecule has 8 heteroatoms. The molecule has 0 fully saturated rings.